The van der Waals surface area contributed by atoms with E-state index in [-0.39, 0.29) is 43.3 Å². The van der Waals surface area contributed by atoms with Crippen LogP contribution in [0.4, 0.5) is 0 Å². The van der Waals surface area contributed by atoms with Gasteiger partial charge in [-0.05, 0) is 72.5 Å². The normalized spacial score (nSPS) is 10.9. The number of carbonyl (C=O) groups excluding carboxylic acids is 5. The number of hydrogen-bond acceptors (Lipinski definition) is 9. The Kier molecular flexibility index (Phi) is 12.7. The molecule has 0 radical (unpaired) electrons. The second kappa shape index (κ2) is 17.6. The van der Waals surface area contributed by atoms with E-state index in [1.807, 2.05) is 60.7 Å². The van der Waals surface area contributed by atoms with Crippen molar-refractivity contribution in [3.05, 3.63) is 154 Å². The van der Waals surface area contributed by atoms with Crippen LogP contribution in [0.2, 0.25) is 0 Å². The fourth-order valence-electron chi connectivity index (χ4n) is 4.50. The first kappa shape index (κ1) is 34.8. The van der Waals surface area contributed by atoms with Crippen molar-refractivity contribution in [2.75, 3.05) is 26.4 Å². The van der Waals surface area contributed by atoms with Crippen molar-refractivity contribution in [3.63, 3.8) is 0 Å². The molecule has 48 heavy (non-hydrogen) atoms. The fraction of sp³-hybridized carbons (Fsp3) is 0.154. The average Bonchev–Trinajstić information content (AvgIpc) is 3.10. The lowest BCUT2D eigenvalue weighted by Gasteiger charge is -2.11. The highest BCUT2D eigenvalue weighted by Gasteiger charge is 2.18. The molecule has 0 aliphatic carbocycles. The van der Waals surface area contributed by atoms with E-state index in [0.717, 1.165) is 11.1 Å². The molecule has 0 saturated carbocycles. The molecule has 0 unspecified atom stereocenters. The number of ether oxygens (including phenoxy) is 4. The van der Waals surface area contributed by atoms with E-state index in [0.29, 0.717) is 22.3 Å². The fourth-order valence-corrected chi connectivity index (χ4v) is 4.50. The molecule has 0 fully saturated rings. The van der Waals surface area contributed by atoms with Crippen LogP contribution >= 0.6 is 0 Å². The minimum Gasteiger partial charge on any atom is -0.459 e. The van der Waals surface area contributed by atoms with Crippen LogP contribution in [0.3, 0.4) is 0 Å². The molecule has 0 atom stereocenters. The van der Waals surface area contributed by atoms with Gasteiger partial charge in [-0.25, -0.2) is 19.2 Å². The molecule has 9 nitrogen and oxygen atoms in total. The summed E-state index contributed by atoms with van der Waals surface area (Å²) in [5, 5.41) is 0. The van der Waals surface area contributed by atoms with Gasteiger partial charge in [-0.1, -0.05) is 72.8 Å². The Balaban J connectivity index is 1.23. The summed E-state index contributed by atoms with van der Waals surface area (Å²) in [4.78, 5) is 62.2. The van der Waals surface area contributed by atoms with Gasteiger partial charge in [0.15, 0.2) is 5.78 Å². The van der Waals surface area contributed by atoms with E-state index in [9.17, 15) is 24.0 Å². The number of ketones is 1. The molecule has 0 aliphatic heterocycles. The van der Waals surface area contributed by atoms with Crippen LogP contribution in [0, 0.1) is 13.8 Å². The van der Waals surface area contributed by atoms with Gasteiger partial charge >= 0.3 is 23.9 Å². The maximum atomic E-state index is 13.2. The minimum absolute atomic E-state index is 0.109. The van der Waals surface area contributed by atoms with E-state index in [4.69, 9.17) is 18.9 Å². The van der Waals surface area contributed by atoms with Gasteiger partial charge in [0.2, 0.25) is 0 Å². The van der Waals surface area contributed by atoms with E-state index in [1.165, 1.54) is 36.4 Å². The summed E-state index contributed by atoms with van der Waals surface area (Å²) in [5.41, 5.74) is 4.01. The average molecular weight is 647 g/mol. The molecule has 0 aromatic heterocycles. The smallest absolute Gasteiger partial charge is 0.338 e. The quantitative estimate of drug-likeness (QED) is 0.0506. The van der Waals surface area contributed by atoms with Gasteiger partial charge in [-0.3, -0.25) is 4.79 Å². The highest BCUT2D eigenvalue weighted by molar-refractivity contribution is 6.10. The van der Waals surface area contributed by atoms with Gasteiger partial charge < -0.3 is 18.9 Å². The molecule has 9 heteroatoms. The number of aryl methyl sites for hydroxylation is 2. The van der Waals surface area contributed by atoms with Crippen molar-refractivity contribution < 1.29 is 42.9 Å². The van der Waals surface area contributed by atoms with Crippen LogP contribution in [-0.2, 0) is 28.5 Å². The molecule has 0 spiro atoms. The number of esters is 4. The van der Waals surface area contributed by atoms with Crippen LogP contribution in [0.25, 0.3) is 12.2 Å². The molecule has 4 rings (SSSR count). The van der Waals surface area contributed by atoms with Crippen LogP contribution in [0.1, 0.15) is 58.9 Å². The Bertz CT molecular complexity index is 1690. The maximum Gasteiger partial charge on any atom is 0.338 e. The lowest BCUT2D eigenvalue weighted by molar-refractivity contribution is -0.139. The zero-order valence-electron chi connectivity index (χ0n) is 26.5. The van der Waals surface area contributed by atoms with Gasteiger partial charge in [-0.15, -0.1) is 0 Å². The van der Waals surface area contributed by atoms with Gasteiger partial charge in [0.1, 0.15) is 26.4 Å². The Labute approximate surface area is 278 Å². The van der Waals surface area contributed by atoms with Crippen molar-refractivity contribution in [2.45, 2.75) is 13.8 Å². The summed E-state index contributed by atoms with van der Waals surface area (Å²) in [6.07, 6.45) is 5.85. The van der Waals surface area contributed by atoms with E-state index in [1.54, 1.807) is 38.1 Å². The lowest BCUT2D eigenvalue weighted by Crippen LogP contribution is -2.15. The molecule has 0 aliphatic rings. The van der Waals surface area contributed by atoms with Crippen molar-refractivity contribution in [1.29, 1.82) is 0 Å². The second-order valence-corrected chi connectivity index (χ2v) is 10.5. The van der Waals surface area contributed by atoms with Crippen LogP contribution in [0.15, 0.2) is 109 Å². The summed E-state index contributed by atoms with van der Waals surface area (Å²) in [6, 6.07) is 27.8. The Morgan fingerprint density at radius 2 is 0.875 bits per heavy atom. The van der Waals surface area contributed by atoms with Crippen LogP contribution < -0.4 is 0 Å². The van der Waals surface area contributed by atoms with E-state index >= 15 is 0 Å². The Morgan fingerprint density at radius 1 is 0.500 bits per heavy atom. The molecule has 0 saturated heterocycles. The number of benzene rings is 4. The van der Waals surface area contributed by atoms with Crippen molar-refractivity contribution >= 4 is 41.8 Å². The molecular weight excluding hydrogens is 612 g/mol. The molecular formula is C39H34O9. The van der Waals surface area contributed by atoms with Gasteiger partial charge in [-0.2, -0.15) is 0 Å². The molecule has 0 N–H and O–H groups in total. The molecule has 4 aromatic carbocycles. The summed E-state index contributed by atoms with van der Waals surface area (Å²) in [5.74, 6) is -2.63. The van der Waals surface area contributed by atoms with Gasteiger partial charge in [0, 0.05) is 23.3 Å². The zero-order valence-corrected chi connectivity index (χ0v) is 26.5. The summed E-state index contributed by atoms with van der Waals surface area (Å²) >= 11 is 0. The topological polar surface area (TPSA) is 122 Å². The van der Waals surface area contributed by atoms with Crippen LogP contribution in [-0.4, -0.2) is 56.1 Å². The summed E-state index contributed by atoms with van der Waals surface area (Å²) in [6.45, 7) is 2.89. The first-order valence-corrected chi connectivity index (χ1v) is 15.1. The molecule has 4 aromatic rings. The largest absolute Gasteiger partial charge is 0.459 e. The lowest BCUT2D eigenvalue weighted by atomic mass is 9.96. The van der Waals surface area contributed by atoms with E-state index in [2.05, 4.69) is 0 Å². The van der Waals surface area contributed by atoms with Crippen LogP contribution in [0.5, 0.6) is 0 Å². The third-order valence-electron chi connectivity index (χ3n) is 6.96. The van der Waals surface area contributed by atoms with Crippen molar-refractivity contribution in [2.24, 2.45) is 0 Å². The maximum absolute atomic E-state index is 13.2. The Hall–Kier alpha value is -6.09. The molecule has 0 amide bonds. The monoisotopic (exact) mass is 646 g/mol. The third kappa shape index (κ3) is 10.5. The standard InChI is InChI=1S/C39H34O9/c1-27-25-31(15-17-33(27)38(43)47-23-21-45-35(40)19-13-29-9-5-3-6-10-29)37(42)32-16-18-34(28(2)26-32)39(44)48-24-22-46-36(41)20-14-30-11-7-4-8-12-30/h3-20,25-26H,21-24H2,1-2H3/b19-13-,20-14+. The van der Waals surface area contributed by atoms with Gasteiger partial charge in [0.05, 0.1) is 11.1 Å². The number of hydrogen-bond donors (Lipinski definition) is 0. The minimum atomic E-state index is -0.612. The SMILES string of the molecule is Cc1cc(C(=O)c2ccc(C(=O)OCCOC(=O)/C=C/c3ccccc3)c(C)c2)ccc1C(=O)OCCOC(=O)/C=C\c1ccccc1. The van der Waals surface area contributed by atoms with E-state index < -0.39 is 23.9 Å². The first-order valence-electron chi connectivity index (χ1n) is 15.1. The molecule has 0 bridgehead atoms. The number of rotatable bonds is 14. The zero-order chi connectivity index (χ0) is 34.3. The van der Waals surface area contributed by atoms with Gasteiger partial charge in [0.25, 0.3) is 0 Å². The highest BCUT2D eigenvalue weighted by Crippen LogP contribution is 2.19. The third-order valence-corrected chi connectivity index (χ3v) is 6.96. The highest BCUT2D eigenvalue weighted by atomic mass is 16.6. The predicted molar refractivity (Wildman–Crippen MR) is 179 cm³/mol. The second-order valence-electron chi connectivity index (χ2n) is 10.5. The molecule has 244 valence electrons. The van der Waals surface area contributed by atoms with Crippen molar-refractivity contribution in [3.8, 4) is 0 Å². The number of carbonyl (C=O) groups is 5. The first-order chi connectivity index (χ1) is 23.2. The summed E-state index contributed by atoms with van der Waals surface area (Å²) < 4.78 is 20.6. The summed E-state index contributed by atoms with van der Waals surface area (Å²) in [7, 11) is 0. The molecule has 0 heterocycles. The predicted octanol–water partition coefficient (Wildman–Crippen LogP) is 6.36. The Morgan fingerprint density at radius 3 is 1.25 bits per heavy atom. The van der Waals surface area contributed by atoms with Crippen molar-refractivity contribution in [1.82, 2.24) is 0 Å².